The molecule has 0 aliphatic carbocycles. The second kappa shape index (κ2) is 12.1. The van der Waals surface area contributed by atoms with Crippen molar-refractivity contribution in [2.75, 3.05) is 0 Å². The van der Waals surface area contributed by atoms with Gasteiger partial charge in [0.25, 0.3) is 0 Å². The highest BCUT2D eigenvalue weighted by atomic mass is 28.4. The molecule has 0 aliphatic rings. The SMILES string of the molecule is C[Si](C)(CCCC(CC(=O)O)C(=O)O)O[Si](C)(C)CCCC(CC(=O)O)C(=O)O. The molecule has 0 saturated carbocycles. The Bertz CT molecular complexity index is 540. The molecule has 0 aliphatic heterocycles. The van der Waals surface area contributed by atoms with Gasteiger partial charge in [0.15, 0.2) is 16.6 Å². The summed E-state index contributed by atoms with van der Waals surface area (Å²) < 4.78 is 6.42. The van der Waals surface area contributed by atoms with Gasteiger partial charge in [-0.2, -0.15) is 0 Å². The third-order valence-electron chi connectivity index (χ3n) is 4.76. The maximum absolute atomic E-state index is 11.2. The first-order valence-corrected chi connectivity index (χ1v) is 16.0. The lowest BCUT2D eigenvalue weighted by Crippen LogP contribution is -2.44. The van der Waals surface area contributed by atoms with E-state index in [0.717, 1.165) is 0 Å². The Morgan fingerprint density at radius 2 is 1.00 bits per heavy atom. The van der Waals surface area contributed by atoms with Crippen LogP contribution in [0, 0.1) is 11.8 Å². The topological polar surface area (TPSA) is 158 Å². The summed E-state index contributed by atoms with van der Waals surface area (Å²) >= 11 is 0. The molecule has 168 valence electrons. The van der Waals surface area contributed by atoms with Crippen LogP contribution in [0.1, 0.15) is 38.5 Å². The fourth-order valence-electron chi connectivity index (χ4n) is 3.45. The molecular formula is C18H34O9Si2. The van der Waals surface area contributed by atoms with Gasteiger partial charge in [-0.3, -0.25) is 19.2 Å². The van der Waals surface area contributed by atoms with E-state index in [1.807, 2.05) is 26.2 Å². The van der Waals surface area contributed by atoms with Crippen LogP contribution < -0.4 is 0 Å². The largest absolute Gasteiger partial charge is 0.481 e. The highest BCUT2D eigenvalue weighted by Crippen LogP contribution is 2.27. The number of aliphatic carboxylic acids is 4. The molecule has 0 bridgehead atoms. The summed E-state index contributed by atoms with van der Waals surface area (Å²) in [5, 5.41) is 35.8. The number of carboxylic acids is 4. The third kappa shape index (κ3) is 13.2. The van der Waals surface area contributed by atoms with E-state index < -0.39 is 52.3 Å². The molecule has 0 aromatic heterocycles. The van der Waals surface area contributed by atoms with Gasteiger partial charge in [-0.15, -0.1) is 0 Å². The molecule has 0 aromatic carbocycles. The lowest BCUT2D eigenvalue weighted by molar-refractivity contribution is -0.148. The van der Waals surface area contributed by atoms with Gasteiger partial charge in [-0.1, -0.05) is 12.8 Å². The smallest absolute Gasteiger partial charge is 0.307 e. The summed E-state index contributed by atoms with van der Waals surface area (Å²) in [5.74, 6) is -6.24. The van der Waals surface area contributed by atoms with E-state index in [4.69, 9.17) is 24.5 Å². The van der Waals surface area contributed by atoms with Gasteiger partial charge in [0, 0.05) is 0 Å². The molecule has 0 saturated heterocycles. The first-order valence-electron chi connectivity index (χ1n) is 9.74. The van der Waals surface area contributed by atoms with Crippen LogP contribution in [-0.2, 0) is 23.3 Å². The van der Waals surface area contributed by atoms with Crippen molar-refractivity contribution in [2.24, 2.45) is 11.8 Å². The maximum atomic E-state index is 11.2. The van der Waals surface area contributed by atoms with Crippen molar-refractivity contribution in [2.45, 2.75) is 76.8 Å². The highest BCUT2D eigenvalue weighted by Gasteiger charge is 2.33. The number of rotatable bonds is 16. The monoisotopic (exact) mass is 450 g/mol. The molecule has 0 fully saturated rings. The highest BCUT2D eigenvalue weighted by molar-refractivity contribution is 6.84. The number of carbonyl (C=O) groups is 4. The fraction of sp³-hybridized carbons (Fsp3) is 0.778. The van der Waals surface area contributed by atoms with Gasteiger partial charge >= 0.3 is 23.9 Å². The summed E-state index contributed by atoms with van der Waals surface area (Å²) in [6, 6.07) is 1.42. The second-order valence-corrected chi connectivity index (χ2v) is 17.5. The molecule has 0 heterocycles. The predicted octanol–water partition coefficient (Wildman–Crippen LogP) is 3.32. The summed E-state index contributed by atoms with van der Waals surface area (Å²) in [5.41, 5.74) is 0. The normalized spacial score (nSPS) is 14.2. The fourth-order valence-corrected chi connectivity index (χ4v) is 12.4. The summed E-state index contributed by atoms with van der Waals surface area (Å²) in [7, 11) is -4.19. The Balaban J connectivity index is 4.55. The molecular weight excluding hydrogens is 416 g/mol. The average molecular weight is 451 g/mol. The standard InChI is InChI=1S/C18H34O9Si2/c1-28(2,9-5-7-13(17(23)24)11-15(19)20)27-29(3,4)10-6-8-14(18(25)26)12-16(21)22/h13-14H,5-12H2,1-4H3,(H,19,20)(H,21,22)(H,23,24)(H,25,26). The Morgan fingerprint density at radius 3 is 1.24 bits per heavy atom. The van der Waals surface area contributed by atoms with E-state index >= 15 is 0 Å². The van der Waals surface area contributed by atoms with Crippen LogP contribution in [-0.4, -0.2) is 60.9 Å². The number of carboxylic acid groups (broad SMARTS) is 4. The first-order chi connectivity index (χ1) is 13.1. The second-order valence-electron chi connectivity index (χ2n) is 8.67. The zero-order valence-corrected chi connectivity index (χ0v) is 19.6. The predicted molar refractivity (Wildman–Crippen MR) is 111 cm³/mol. The number of hydrogen-bond donors (Lipinski definition) is 4. The van der Waals surface area contributed by atoms with Crippen LogP contribution in [0.4, 0.5) is 0 Å². The van der Waals surface area contributed by atoms with E-state index in [-0.39, 0.29) is 12.8 Å². The van der Waals surface area contributed by atoms with E-state index in [2.05, 4.69) is 0 Å². The minimum absolute atomic E-state index is 0.291. The van der Waals surface area contributed by atoms with Crippen molar-refractivity contribution in [1.29, 1.82) is 0 Å². The van der Waals surface area contributed by atoms with Crippen LogP contribution in [0.25, 0.3) is 0 Å². The van der Waals surface area contributed by atoms with Crippen molar-refractivity contribution in [3.8, 4) is 0 Å². The molecule has 0 rings (SSSR count). The average Bonchev–Trinajstić information content (AvgIpc) is 2.50. The van der Waals surface area contributed by atoms with Crippen LogP contribution in [0.15, 0.2) is 0 Å². The maximum Gasteiger partial charge on any atom is 0.307 e. The van der Waals surface area contributed by atoms with Crippen molar-refractivity contribution < 1.29 is 43.7 Å². The van der Waals surface area contributed by atoms with Gasteiger partial charge in [0.05, 0.1) is 24.7 Å². The molecule has 2 unspecified atom stereocenters. The van der Waals surface area contributed by atoms with Crippen molar-refractivity contribution in [3.63, 3.8) is 0 Å². The van der Waals surface area contributed by atoms with Gasteiger partial charge in [-0.25, -0.2) is 0 Å². The van der Waals surface area contributed by atoms with Crippen molar-refractivity contribution >= 4 is 40.5 Å². The van der Waals surface area contributed by atoms with Crippen LogP contribution >= 0.6 is 0 Å². The Labute approximate surface area is 173 Å². The zero-order valence-electron chi connectivity index (χ0n) is 17.6. The number of hydrogen-bond acceptors (Lipinski definition) is 5. The zero-order chi connectivity index (χ0) is 22.8. The van der Waals surface area contributed by atoms with Gasteiger partial charge in [-0.05, 0) is 51.1 Å². The van der Waals surface area contributed by atoms with Gasteiger partial charge in [0.2, 0.25) is 0 Å². The Kier molecular flexibility index (Phi) is 11.4. The molecule has 9 nitrogen and oxygen atoms in total. The molecule has 0 amide bonds. The van der Waals surface area contributed by atoms with Gasteiger partial charge < -0.3 is 24.5 Å². The third-order valence-corrected chi connectivity index (χ3v) is 12.3. The van der Waals surface area contributed by atoms with Crippen LogP contribution in [0.5, 0.6) is 0 Å². The Morgan fingerprint density at radius 1 is 0.690 bits per heavy atom. The lowest BCUT2D eigenvalue weighted by atomic mass is 10.0. The van der Waals surface area contributed by atoms with Crippen LogP contribution in [0.3, 0.4) is 0 Å². The summed E-state index contributed by atoms with van der Waals surface area (Å²) in [4.78, 5) is 43.8. The lowest BCUT2D eigenvalue weighted by Gasteiger charge is -2.34. The van der Waals surface area contributed by atoms with E-state index in [9.17, 15) is 19.2 Å². The molecule has 0 spiro atoms. The molecule has 4 N–H and O–H groups in total. The van der Waals surface area contributed by atoms with E-state index in [1.165, 1.54) is 0 Å². The van der Waals surface area contributed by atoms with Crippen molar-refractivity contribution in [3.05, 3.63) is 0 Å². The summed E-state index contributed by atoms with van der Waals surface area (Å²) in [6.07, 6.45) is 0.956. The molecule has 0 aromatic rings. The summed E-state index contributed by atoms with van der Waals surface area (Å²) in [6.45, 7) is 8.16. The van der Waals surface area contributed by atoms with Crippen LogP contribution in [0.2, 0.25) is 38.3 Å². The minimum atomic E-state index is -2.09. The van der Waals surface area contributed by atoms with E-state index in [1.54, 1.807) is 0 Å². The van der Waals surface area contributed by atoms with Gasteiger partial charge in [0.1, 0.15) is 0 Å². The quantitative estimate of drug-likeness (QED) is 0.259. The molecule has 11 heteroatoms. The minimum Gasteiger partial charge on any atom is -0.481 e. The molecule has 0 radical (unpaired) electrons. The molecule has 2 atom stereocenters. The van der Waals surface area contributed by atoms with E-state index in [0.29, 0.717) is 37.8 Å². The first kappa shape index (κ1) is 27.3. The van der Waals surface area contributed by atoms with Crippen molar-refractivity contribution in [1.82, 2.24) is 0 Å². The molecule has 29 heavy (non-hydrogen) atoms. The Hall–Kier alpha value is -1.73.